The Morgan fingerprint density at radius 2 is 2.17 bits per heavy atom. The smallest absolute Gasteiger partial charge is 0.365 e. The monoisotopic (exact) mass is 303 g/mol. The van der Waals surface area contributed by atoms with Gasteiger partial charge in [0.2, 0.25) is 5.01 Å². The number of benzene rings is 1. The van der Waals surface area contributed by atoms with Gasteiger partial charge < -0.3 is 9.84 Å². The molecule has 2 aromatic rings. The Kier molecular flexibility index (Phi) is 4.06. The van der Waals surface area contributed by atoms with Gasteiger partial charge in [-0.2, -0.15) is 0 Å². The quantitative estimate of drug-likeness (QED) is 0.935. The highest BCUT2D eigenvalue weighted by atomic mass is 35.5. The summed E-state index contributed by atoms with van der Waals surface area (Å²) in [7, 11) is 0. The highest BCUT2D eigenvalue weighted by Gasteiger charge is 2.09. The Morgan fingerprint density at radius 3 is 2.78 bits per heavy atom. The summed E-state index contributed by atoms with van der Waals surface area (Å²) in [5.74, 6) is -0.491. The molecule has 4 nitrogen and oxygen atoms in total. The van der Waals surface area contributed by atoms with Gasteiger partial charge in [-0.05, 0) is 12.1 Å². The number of nitrogens with zero attached hydrogens (tertiary/aromatic N) is 1. The van der Waals surface area contributed by atoms with Gasteiger partial charge in [0.1, 0.15) is 12.4 Å². The molecular formula is C11H7Cl2NO3S. The Labute approximate surface area is 117 Å². The van der Waals surface area contributed by atoms with Gasteiger partial charge >= 0.3 is 5.97 Å². The fourth-order valence-electron chi connectivity index (χ4n) is 1.20. The van der Waals surface area contributed by atoms with Crippen LogP contribution < -0.4 is 4.74 Å². The van der Waals surface area contributed by atoms with Crippen molar-refractivity contribution in [3.63, 3.8) is 0 Å². The number of carbonyl (C=O) groups is 1. The van der Waals surface area contributed by atoms with Gasteiger partial charge in [-0.1, -0.05) is 23.2 Å². The highest BCUT2D eigenvalue weighted by Crippen LogP contribution is 2.26. The van der Waals surface area contributed by atoms with Crippen LogP contribution in [0.3, 0.4) is 0 Å². The van der Waals surface area contributed by atoms with E-state index in [1.807, 2.05) is 0 Å². The molecule has 0 amide bonds. The molecule has 0 aliphatic heterocycles. The first kappa shape index (κ1) is 13.1. The number of halogens is 2. The van der Waals surface area contributed by atoms with Crippen molar-refractivity contribution in [2.24, 2.45) is 0 Å². The minimum atomic E-state index is -1.04. The number of hydrogen-bond donors (Lipinski definition) is 1. The summed E-state index contributed by atoms with van der Waals surface area (Å²) >= 11 is 12.7. The molecule has 0 saturated carbocycles. The van der Waals surface area contributed by atoms with E-state index < -0.39 is 5.97 Å². The van der Waals surface area contributed by atoms with Gasteiger partial charge in [-0.3, -0.25) is 0 Å². The van der Waals surface area contributed by atoms with Crippen LogP contribution in [0.5, 0.6) is 5.75 Å². The number of aromatic carboxylic acids is 1. The average Bonchev–Trinajstić information content (AvgIpc) is 2.79. The van der Waals surface area contributed by atoms with Crippen molar-refractivity contribution < 1.29 is 14.6 Å². The fraction of sp³-hybridized carbons (Fsp3) is 0.0909. The van der Waals surface area contributed by atoms with Crippen molar-refractivity contribution in [3.05, 3.63) is 44.3 Å². The molecular weight excluding hydrogens is 297 g/mol. The number of carboxylic acid groups (broad SMARTS) is 1. The van der Waals surface area contributed by atoms with E-state index in [4.69, 9.17) is 33.0 Å². The maximum Gasteiger partial charge on any atom is 0.365 e. The Morgan fingerprint density at radius 1 is 1.39 bits per heavy atom. The summed E-state index contributed by atoms with van der Waals surface area (Å²) < 4.78 is 5.43. The van der Waals surface area contributed by atoms with Crippen LogP contribution >= 0.6 is 34.5 Å². The molecule has 0 fully saturated rings. The van der Waals surface area contributed by atoms with E-state index in [1.165, 1.54) is 0 Å². The molecule has 0 aliphatic rings. The number of aromatic nitrogens is 1. The summed E-state index contributed by atoms with van der Waals surface area (Å²) in [6.07, 6.45) is 0. The molecule has 0 spiro atoms. The van der Waals surface area contributed by atoms with Crippen molar-refractivity contribution >= 4 is 40.5 Å². The average molecular weight is 304 g/mol. The molecule has 18 heavy (non-hydrogen) atoms. The fourth-order valence-corrected chi connectivity index (χ4v) is 2.12. The lowest BCUT2D eigenvalue weighted by Crippen LogP contribution is -1.99. The van der Waals surface area contributed by atoms with Crippen LogP contribution in [0.2, 0.25) is 10.0 Å². The third kappa shape index (κ3) is 3.13. The molecule has 1 aromatic heterocycles. The molecule has 2 rings (SSSR count). The van der Waals surface area contributed by atoms with E-state index in [-0.39, 0.29) is 11.6 Å². The first-order chi connectivity index (χ1) is 8.56. The minimum Gasteiger partial charge on any atom is -0.487 e. The second-order valence-electron chi connectivity index (χ2n) is 3.31. The van der Waals surface area contributed by atoms with Crippen LogP contribution in [-0.4, -0.2) is 16.1 Å². The molecule has 0 saturated heterocycles. The SMILES string of the molecule is O=C(O)c1nc(COc2ccc(Cl)c(Cl)c2)cs1. The van der Waals surface area contributed by atoms with Crippen LogP contribution in [-0.2, 0) is 6.61 Å². The molecule has 0 atom stereocenters. The largest absolute Gasteiger partial charge is 0.487 e. The molecule has 0 bridgehead atoms. The van der Waals surface area contributed by atoms with Crippen molar-refractivity contribution in [2.75, 3.05) is 0 Å². The number of hydrogen-bond acceptors (Lipinski definition) is 4. The summed E-state index contributed by atoms with van der Waals surface area (Å²) in [6, 6.07) is 4.90. The first-order valence-corrected chi connectivity index (χ1v) is 6.45. The van der Waals surface area contributed by atoms with Gasteiger partial charge in [0.15, 0.2) is 0 Å². The predicted octanol–water partition coefficient (Wildman–Crippen LogP) is 3.73. The molecule has 94 valence electrons. The summed E-state index contributed by atoms with van der Waals surface area (Å²) in [4.78, 5) is 14.5. The maximum atomic E-state index is 10.6. The van der Waals surface area contributed by atoms with Crippen LogP contribution in [0, 0.1) is 0 Å². The zero-order valence-corrected chi connectivity index (χ0v) is 11.2. The molecule has 1 heterocycles. The number of ether oxygens (including phenoxy) is 1. The number of carboxylic acids is 1. The topological polar surface area (TPSA) is 59.4 Å². The van der Waals surface area contributed by atoms with Crippen LogP contribution in [0.25, 0.3) is 0 Å². The maximum absolute atomic E-state index is 10.6. The van der Waals surface area contributed by atoms with Crippen LogP contribution in [0.15, 0.2) is 23.6 Å². The third-order valence-corrected chi connectivity index (χ3v) is 3.63. The molecule has 0 unspecified atom stereocenters. The van der Waals surface area contributed by atoms with E-state index in [2.05, 4.69) is 4.98 Å². The minimum absolute atomic E-state index is 0.0442. The summed E-state index contributed by atoms with van der Waals surface area (Å²) in [6.45, 7) is 0.182. The standard InChI is InChI=1S/C11H7Cl2NO3S/c12-8-2-1-7(3-9(8)13)17-4-6-5-18-10(14-6)11(15)16/h1-3,5H,4H2,(H,15,16). The Balaban J connectivity index is 2.02. The van der Waals surface area contributed by atoms with Crippen LogP contribution in [0.1, 0.15) is 15.5 Å². The predicted molar refractivity (Wildman–Crippen MR) is 69.9 cm³/mol. The second-order valence-corrected chi connectivity index (χ2v) is 4.99. The zero-order valence-electron chi connectivity index (χ0n) is 8.89. The molecule has 0 radical (unpaired) electrons. The van der Waals surface area contributed by atoms with E-state index in [0.29, 0.717) is 21.5 Å². The van der Waals surface area contributed by atoms with Crippen molar-refractivity contribution in [2.45, 2.75) is 6.61 Å². The van der Waals surface area contributed by atoms with Gasteiger partial charge in [0.25, 0.3) is 0 Å². The van der Waals surface area contributed by atoms with Gasteiger partial charge in [-0.15, -0.1) is 11.3 Å². The second kappa shape index (κ2) is 5.56. The summed E-state index contributed by atoms with van der Waals surface area (Å²) in [5.41, 5.74) is 0.559. The Hall–Kier alpha value is -1.30. The van der Waals surface area contributed by atoms with Gasteiger partial charge in [0.05, 0.1) is 15.7 Å². The van der Waals surface area contributed by atoms with Gasteiger partial charge in [-0.25, -0.2) is 9.78 Å². The molecule has 1 N–H and O–H groups in total. The lowest BCUT2D eigenvalue weighted by molar-refractivity contribution is 0.0696. The highest BCUT2D eigenvalue weighted by molar-refractivity contribution is 7.11. The van der Waals surface area contributed by atoms with E-state index >= 15 is 0 Å². The molecule has 1 aromatic carbocycles. The Bertz CT molecular complexity index is 585. The third-order valence-electron chi connectivity index (χ3n) is 2.01. The lowest BCUT2D eigenvalue weighted by atomic mass is 10.3. The number of thiazole rings is 1. The van der Waals surface area contributed by atoms with Gasteiger partial charge in [0, 0.05) is 11.4 Å². The molecule has 7 heteroatoms. The van der Waals surface area contributed by atoms with E-state index in [1.54, 1.807) is 23.6 Å². The lowest BCUT2D eigenvalue weighted by Gasteiger charge is -2.05. The zero-order chi connectivity index (χ0) is 13.1. The van der Waals surface area contributed by atoms with E-state index in [0.717, 1.165) is 11.3 Å². The summed E-state index contributed by atoms with van der Waals surface area (Å²) in [5, 5.41) is 11.3. The van der Waals surface area contributed by atoms with Crippen LogP contribution in [0.4, 0.5) is 0 Å². The molecule has 0 aliphatic carbocycles. The first-order valence-electron chi connectivity index (χ1n) is 4.82. The van der Waals surface area contributed by atoms with Crippen molar-refractivity contribution in [3.8, 4) is 5.75 Å². The van der Waals surface area contributed by atoms with Crippen molar-refractivity contribution in [1.29, 1.82) is 0 Å². The van der Waals surface area contributed by atoms with Crippen molar-refractivity contribution in [1.82, 2.24) is 4.98 Å². The number of rotatable bonds is 4. The van der Waals surface area contributed by atoms with E-state index in [9.17, 15) is 4.79 Å². The normalized spacial score (nSPS) is 10.3.